The van der Waals surface area contributed by atoms with Gasteiger partial charge in [0.25, 0.3) is 0 Å². The van der Waals surface area contributed by atoms with Gasteiger partial charge < -0.3 is 30.5 Å². The molecule has 1 amide bonds. The molecule has 5 N–H and O–H groups in total. The third kappa shape index (κ3) is 9.29. The molecule has 4 rings (SSSR count). The maximum atomic E-state index is 13.1. The van der Waals surface area contributed by atoms with Gasteiger partial charge in [0.05, 0.1) is 18.9 Å². The van der Waals surface area contributed by atoms with E-state index in [1.54, 1.807) is 12.1 Å². The van der Waals surface area contributed by atoms with Crippen LogP contribution in [0, 0.1) is 17.5 Å². The number of aliphatic hydroxyl groups excluding tert-OH is 1. The van der Waals surface area contributed by atoms with Gasteiger partial charge in [0.15, 0.2) is 23.7 Å². The fourth-order valence-corrected chi connectivity index (χ4v) is 4.36. The van der Waals surface area contributed by atoms with Crippen molar-refractivity contribution in [1.82, 2.24) is 15.6 Å². The van der Waals surface area contributed by atoms with Crippen LogP contribution in [0.5, 0.6) is 0 Å². The number of nitrogens with one attached hydrogen (secondary N) is 2. The molecule has 2 unspecified atom stereocenters. The van der Waals surface area contributed by atoms with Crippen LogP contribution >= 0.6 is 0 Å². The van der Waals surface area contributed by atoms with Gasteiger partial charge in [-0.05, 0) is 69.1 Å². The van der Waals surface area contributed by atoms with E-state index in [1.807, 2.05) is 37.3 Å². The number of methoxy groups -OCH3 is 1. The van der Waals surface area contributed by atoms with E-state index in [9.17, 15) is 18.0 Å². The standard InChI is InChI=1S/C14H19N3O3.C13H16F3NO.CH5N/c1-11-13(15-10-19)17(12-6-3-2-4-7-12)16-14(11)20-9-5-8-18;1-18-5-4-17-3-2-9(8-17)10-6-11(14)13(16)12(15)7-10;1-2/h2-4,6-7,10,14,16,18H,5,8-9H2,1H3,(H,15,19);6-7,9H,2-5,8H2,1H3;2H2,1H3. The van der Waals surface area contributed by atoms with Crippen molar-refractivity contribution in [2.75, 3.05) is 58.6 Å². The summed E-state index contributed by atoms with van der Waals surface area (Å²) in [6, 6.07) is 11.8. The van der Waals surface area contributed by atoms with Gasteiger partial charge in [-0.1, -0.05) is 18.2 Å². The Labute approximate surface area is 233 Å². The summed E-state index contributed by atoms with van der Waals surface area (Å²) < 4.78 is 49.8. The Morgan fingerprint density at radius 1 is 1.15 bits per heavy atom. The molecule has 1 fully saturated rings. The molecule has 0 saturated carbocycles. The number of carbonyl (C=O) groups is 1. The monoisotopic (exact) mass is 567 g/mol. The first-order chi connectivity index (χ1) is 19.4. The lowest BCUT2D eigenvalue weighted by Crippen LogP contribution is -2.41. The zero-order chi connectivity index (χ0) is 29.5. The summed E-state index contributed by atoms with van der Waals surface area (Å²) in [5, 5.41) is 13.3. The van der Waals surface area contributed by atoms with Crippen LogP contribution in [-0.2, 0) is 14.3 Å². The van der Waals surface area contributed by atoms with Crippen LogP contribution in [-0.4, -0.2) is 76.3 Å². The van der Waals surface area contributed by atoms with Gasteiger partial charge in [-0.25, -0.2) is 13.2 Å². The number of amides is 1. The van der Waals surface area contributed by atoms with E-state index in [1.165, 1.54) is 7.05 Å². The molecule has 2 aromatic rings. The fraction of sp³-hybridized carbons (Fsp3) is 0.464. The third-order valence-corrected chi connectivity index (χ3v) is 6.40. The number of rotatable bonds is 11. The topological polar surface area (TPSA) is 112 Å². The van der Waals surface area contributed by atoms with Crippen molar-refractivity contribution >= 4 is 12.1 Å². The quantitative estimate of drug-likeness (QED) is 0.186. The third-order valence-electron chi connectivity index (χ3n) is 6.40. The van der Waals surface area contributed by atoms with Crippen molar-refractivity contribution in [3.8, 4) is 0 Å². The first kappa shape index (κ1) is 33.2. The SMILES string of the molecule is CC1=C(NC=O)N(c2ccccc2)NC1OCCCO.CN.COCCN1CCC(c2cc(F)c(F)c(F)c2)C1. The molecule has 2 heterocycles. The number of halogens is 3. The molecule has 40 heavy (non-hydrogen) atoms. The largest absolute Gasteiger partial charge is 0.396 e. The normalized spacial score (nSPS) is 18.6. The number of hydrogen-bond acceptors (Lipinski definition) is 8. The van der Waals surface area contributed by atoms with E-state index in [0.29, 0.717) is 37.4 Å². The Balaban J connectivity index is 0.000000265. The molecule has 0 spiro atoms. The number of anilines is 1. The van der Waals surface area contributed by atoms with Crippen molar-refractivity contribution in [2.45, 2.75) is 31.9 Å². The fourth-order valence-electron chi connectivity index (χ4n) is 4.36. The second-order valence-electron chi connectivity index (χ2n) is 9.00. The Morgan fingerprint density at radius 2 is 1.82 bits per heavy atom. The number of hydrogen-bond donors (Lipinski definition) is 4. The highest BCUT2D eigenvalue weighted by Crippen LogP contribution is 2.29. The molecular formula is C28H40F3N5O4. The van der Waals surface area contributed by atoms with Crippen molar-refractivity contribution in [3.63, 3.8) is 0 Å². The number of benzene rings is 2. The van der Waals surface area contributed by atoms with Crippen molar-refractivity contribution in [3.05, 3.63) is 76.9 Å². The smallest absolute Gasteiger partial charge is 0.212 e. The van der Waals surface area contributed by atoms with Crippen molar-refractivity contribution in [1.29, 1.82) is 0 Å². The van der Waals surface area contributed by atoms with Crippen LogP contribution in [0.25, 0.3) is 0 Å². The summed E-state index contributed by atoms with van der Waals surface area (Å²) >= 11 is 0. The minimum atomic E-state index is -1.40. The van der Waals surface area contributed by atoms with Crippen molar-refractivity contribution in [2.24, 2.45) is 5.73 Å². The predicted octanol–water partition coefficient (Wildman–Crippen LogP) is 2.83. The molecule has 0 bridgehead atoms. The molecule has 0 aliphatic carbocycles. The highest BCUT2D eigenvalue weighted by molar-refractivity contribution is 5.60. The molecule has 2 atom stereocenters. The Bertz CT molecular complexity index is 1050. The summed E-state index contributed by atoms with van der Waals surface area (Å²) in [6.07, 6.45) is 1.73. The zero-order valence-electron chi connectivity index (χ0n) is 23.2. The highest BCUT2D eigenvalue weighted by Gasteiger charge is 2.30. The maximum absolute atomic E-state index is 13.1. The number of aliphatic hydroxyl groups is 1. The first-order valence-electron chi connectivity index (χ1n) is 13.1. The molecule has 2 aliphatic rings. The zero-order valence-corrected chi connectivity index (χ0v) is 23.2. The number of para-hydroxylation sites is 1. The van der Waals surface area contributed by atoms with Gasteiger partial charge in [-0.15, -0.1) is 0 Å². The van der Waals surface area contributed by atoms with Gasteiger partial charge >= 0.3 is 0 Å². The van der Waals surface area contributed by atoms with Gasteiger partial charge in [0.2, 0.25) is 6.41 Å². The van der Waals surface area contributed by atoms with Crippen LogP contribution in [0.3, 0.4) is 0 Å². The molecule has 0 radical (unpaired) electrons. The lowest BCUT2D eigenvalue weighted by Gasteiger charge is -2.23. The lowest BCUT2D eigenvalue weighted by atomic mass is 9.98. The Hall–Kier alpha value is -3.00. The summed E-state index contributed by atoms with van der Waals surface area (Å²) in [5.74, 6) is -2.89. The summed E-state index contributed by atoms with van der Waals surface area (Å²) in [7, 11) is 3.14. The van der Waals surface area contributed by atoms with E-state index in [2.05, 4.69) is 21.4 Å². The lowest BCUT2D eigenvalue weighted by molar-refractivity contribution is -0.109. The van der Waals surface area contributed by atoms with E-state index in [0.717, 1.165) is 49.4 Å². The van der Waals surface area contributed by atoms with Gasteiger partial charge in [0, 0.05) is 32.4 Å². The summed E-state index contributed by atoms with van der Waals surface area (Å²) in [6.45, 7) is 5.48. The number of nitrogens with two attached hydrogens (primary N) is 1. The summed E-state index contributed by atoms with van der Waals surface area (Å²) in [4.78, 5) is 13.0. The number of likely N-dealkylation sites (tertiary alicyclic amines) is 1. The van der Waals surface area contributed by atoms with E-state index in [4.69, 9.17) is 14.6 Å². The Kier molecular flexibility index (Phi) is 14.6. The van der Waals surface area contributed by atoms with Crippen LogP contribution < -0.4 is 21.5 Å². The Morgan fingerprint density at radius 3 is 2.42 bits per heavy atom. The van der Waals surface area contributed by atoms with E-state index in [-0.39, 0.29) is 18.8 Å². The predicted molar refractivity (Wildman–Crippen MR) is 148 cm³/mol. The molecule has 12 heteroatoms. The average Bonchev–Trinajstić information content (AvgIpc) is 3.57. The van der Waals surface area contributed by atoms with Crippen molar-refractivity contribution < 1.29 is 32.5 Å². The summed E-state index contributed by atoms with van der Waals surface area (Å²) in [5.41, 5.74) is 10.0. The van der Waals surface area contributed by atoms with Crippen LogP contribution in [0.1, 0.15) is 31.2 Å². The maximum Gasteiger partial charge on any atom is 0.212 e. The number of carbonyl (C=O) groups excluding carboxylic acids is 1. The molecule has 2 aliphatic heterocycles. The second kappa shape index (κ2) is 17.6. The second-order valence-corrected chi connectivity index (χ2v) is 9.00. The van der Waals surface area contributed by atoms with Crippen LogP contribution in [0.2, 0.25) is 0 Å². The molecule has 9 nitrogen and oxygen atoms in total. The minimum absolute atomic E-state index is 0.0615. The number of hydrazine groups is 1. The molecule has 1 saturated heterocycles. The first-order valence-corrected chi connectivity index (χ1v) is 13.1. The van der Waals surface area contributed by atoms with Crippen LogP contribution in [0.4, 0.5) is 18.9 Å². The van der Waals surface area contributed by atoms with Crippen LogP contribution in [0.15, 0.2) is 53.9 Å². The number of nitrogens with zero attached hydrogens (tertiary/aromatic N) is 2. The molecular weight excluding hydrogens is 527 g/mol. The van der Waals surface area contributed by atoms with Gasteiger partial charge in [-0.2, -0.15) is 5.43 Å². The average molecular weight is 568 g/mol. The van der Waals surface area contributed by atoms with Gasteiger partial charge in [0.1, 0.15) is 5.82 Å². The number of ether oxygens (including phenoxy) is 2. The molecule has 2 aromatic carbocycles. The highest BCUT2D eigenvalue weighted by atomic mass is 19.2. The van der Waals surface area contributed by atoms with Gasteiger partial charge in [-0.3, -0.25) is 9.80 Å². The molecule has 0 aromatic heterocycles. The van der Waals surface area contributed by atoms with E-state index < -0.39 is 17.5 Å². The van der Waals surface area contributed by atoms with E-state index >= 15 is 0 Å². The molecule has 222 valence electrons. The minimum Gasteiger partial charge on any atom is -0.396 e.